The molecule has 0 spiro atoms. The van der Waals surface area contributed by atoms with Gasteiger partial charge in [-0.15, -0.1) is 0 Å². The molecule has 0 unspecified atom stereocenters. The number of carbonyl (C=O) groups excluding carboxylic acids is 1. The lowest BCUT2D eigenvalue weighted by atomic mass is 10.1. The molecule has 0 fully saturated rings. The van der Waals surface area contributed by atoms with Crippen LogP contribution in [0.5, 0.6) is 5.75 Å². The summed E-state index contributed by atoms with van der Waals surface area (Å²) in [4.78, 5) is 21.9. The van der Waals surface area contributed by atoms with E-state index >= 15 is 0 Å². The first-order chi connectivity index (χ1) is 9.97. The number of carbonyl (C=O) groups is 1. The van der Waals surface area contributed by atoms with E-state index in [0.29, 0.717) is 10.6 Å². The summed E-state index contributed by atoms with van der Waals surface area (Å²) in [6, 6.07) is 10.4. The predicted molar refractivity (Wildman–Crippen MR) is 79.4 cm³/mol. The van der Waals surface area contributed by atoms with Gasteiger partial charge in [0.15, 0.2) is 12.4 Å². The second-order valence-corrected chi connectivity index (χ2v) is 4.94. The van der Waals surface area contributed by atoms with E-state index in [1.54, 1.807) is 18.2 Å². The van der Waals surface area contributed by atoms with Gasteiger partial charge in [0.05, 0.1) is 4.92 Å². The Kier molecular flexibility index (Phi) is 4.77. The average molecular weight is 326 g/mol. The molecule has 0 saturated heterocycles. The van der Waals surface area contributed by atoms with Crippen LogP contribution in [0.3, 0.4) is 0 Å². The molecular formula is C14H9Cl2NO4. The van der Waals surface area contributed by atoms with E-state index < -0.39 is 4.92 Å². The Hall–Kier alpha value is -2.11. The molecule has 0 N–H and O–H groups in total. The lowest BCUT2D eigenvalue weighted by Crippen LogP contribution is -2.11. The van der Waals surface area contributed by atoms with Gasteiger partial charge >= 0.3 is 0 Å². The Morgan fingerprint density at radius 1 is 1.19 bits per heavy atom. The summed E-state index contributed by atoms with van der Waals surface area (Å²) in [5, 5.41) is 11.0. The van der Waals surface area contributed by atoms with E-state index in [2.05, 4.69) is 0 Å². The SMILES string of the molecule is O=C(COc1ccc([N+](=O)[O-])c(Cl)c1)c1cccc(Cl)c1. The maximum atomic E-state index is 11.9. The fourth-order valence-electron chi connectivity index (χ4n) is 1.62. The molecule has 0 amide bonds. The number of ether oxygens (including phenoxy) is 1. The van der Waals surface area contributed by atoms with Crippen molar-refractivity contribution in [2.24, 2.45) is 0 Å². The first kappa shape index (κ1) is 15.3. The normalized spacial score (nSPS) is 10.2. The minimum atomic E-state index is -0.594. The highest BCUT2D eigenvalue weighted by atomic mass is 35.5. The van der Waals surface area contributed by atoms with Gasteiger partial charge in [-0.3, -0.25) is 14.9 Å². The molecule has 0 saturated carbocycles. The Labute approximate surface area is 130 Å². The molecule has 2 aromatic carbocycles. The third kappa shape index (κ3) is 3.93. The summed E-state index contributed by atoms with van der Waals surface area (Å²) < 4.78 is 5.28. The van der Waals surface area contributed by atoms with Crippen LogP contribution in [0.4, 0.5) is 5.69 Å². The van der Waals surface area contributed by atoms with E-state index in [9.17, 15) is 14.9 Å². The highest BCUT2D eigenvalue weighted by Gasteiger charge is 2.13. The van der Waals surface area contributed by atoms with Crippen molar-refractivity contribution < 1.29 is 14.5 Å². The van der Waals surface area contributed by atoms with Crippen LogP contribution in [0.2, 0.25) is 10.0 Å². The highest BCUT2D eigenvalue weighted by Crippen LogP contribution is 2.28. The number of benzene rings is 2. The predicted octanol–water partition coefficient (Wildman–Crippen LogP) is 4.16. The van der Waals surface area contributed by atoms with Gasteiger partial charge in [0.2, 0.25) is 0 Å². The molecule has 2 rings (SSSR count). The fraction of sp³-hybridized carbons (Fsp3) is 0.0714. The van der Waals surface area contributed by atoms with Crippen molar-refractivity contribution in [3.63, 3.8) is 0 Å². The smallest absolute Gasteiger partial charge is 0.288 e. The molecule has 0 aliphatic rings. The number of ketones is 1. The topological polar surface area (TPSA) is 69.4 Å². The second-order valence-electron chi connectivity index (χ2n) is 4.09. The summed E-state index contributed by atoms with van der Waals surface area (Å²) in [6.45, 7) is -0.214. The van der Waals surface area contributed by atoms with Crippen molar-refractivity contribution in [3.8, 4) is 5.75 Å². The summed E-state index contributed by atoms with van der Waals surface area (Å²) in [5.41, 5.74) is 0.209. The molecule has 0 heterocycles. The molecule has 0 aliphatic heterocycles. The summed E-state index contributed by atoms with van der Waals surface area (Å²) in [5.74, 6) is 0.0213. The number of Topliss-reactive ketones (excluding diaryl/α,β-unsaturated/α-hetero) is 1. The number of halogens is 2. The fourth-order valence-corrected chi connectivity index (χ4v) is 2.05. The van der Waals surface area contributed by atoms with Crippen LogP contribution in [0.25, 0.3) is 0 Å². The standard InChI is InChI=1S/C14H9Cl2NO4/c15-10-3-1-2-9(6-10)14(18)8-21-11-4-5-13(17(19)20)12(16)7-11/h1-7H,8H2. The van der Waals surface area contributed by atoms with E-state index in [-0.39, 0.29) is 28.8 Å². The molecule has 0 aliphatic carbocycles. The molecule has 2 aromatic rings. The molecule has 7 heteroatoms. The zero-order valence-electron chi connectivity index (χ0n) is 10.6. The lowest BCUT2D eigenvalue weighted by Gasteiger charge is -2.06. The van der Waals surface area contributed by atoms with Gasteiger partial charge in [-0.25, -0.2) is 0 Å². The van der Waals surface area contributed by atoms with Crippen LogP contribution in [0, 0.1) is 10.1 Å². The molecular weight excluding hydrogens is 317 g/mol. The van der Waals surface area contributed by atoms with E-state index in [1.165, 1.54) is 24.3 Å². The number of hydrogen-bond acceptors (Lipinski definition) is 4. The zero-order chi connectivity index (χ0) is 15.4. The van der Waals surface area contributed by atoms with Crippen molar-refractivity contribution in [1.29, 1.82) is 0 Å². The molecule has 0 atom stereocenters. The molecule has 0 bridgehead atoms. The molecule has 108 valence electrons. The van der Waals surface area contributed by atoms with Crippen LogP contribution >= 0.6 is 23.2 Å². The monoisotopic (exact) mass is 325 g/mol. The molecule has 0 aromatic heterocycles. The zero-order valence-corrected chi connectivity index (χ0v) is 12.1. The maximum Gasteiger partial charge on any atom is 0.288 e. The summed E-state index contributed by atoms with van der Waals surface area (Å²) in [7, 11) is 0. The number of nitro benzene ring substituents is 1. The minimum Gasteiger partial charge on any atom is -0.485 e. The third-order valence-corrected chi connectivity index (χ3v) is 3.17. The molecule has 21 heavy (non-hydrogen) atoms. The van der Waals surface area contributed by atoms with Gasteiger partial charge < -0.3 is 4.74 Å². The largest absolute Gasteiger partial charge is 0.485 e. The van der Waals surface area contributed by atoms with Crippen LogP contribution in [-0.4, -0.2) is 17.3 Å². The van der Waals surface area contributed by atoms with Crippen molar-refractivity contribution >= 4 is 34.7 Å². The van der Waals surface area contributed by atoms with Gasteiger partial charge in [-0.2, -0.15) is 0 Å². The Bertz CT molecular complexity index is 703. The quantitative estimate of drug-likeness (QED) is 0.470. The summed E-state index contributed by atoms with van der Waals surface area (Å²) >= 11 is 11.6. The van der Waals surface area contributed by atoms with Crippen molar-refractivity contribution in [2.45, 2.75) is 0 Å². The van der Waals surface area contributed by atoms with Crippen LogP contribution < -0.4 is 4.74 Å². The number of nitrogens with zero attached hydrogens (tertiary/aromatic N) is 1. The van der Waals surface area contributed by atoms with Crippen LogP contribution in [-0.2, 0) is 0 Å². The maximum absolute atomic E-state index is 11.9. The number of hydrogen-bond donors (Lipinski definition) is 0. The first-order valence-corrected chi connectivity index (χ1v) is 6.58. The van der Waals surface area contributed by atoms with Crippen molar-refractivity contribution in [1.82, 2.24) is 0 Å². The van der Waals surface area contributed by atoms with E-state index in [1.807, 2.05) is 0 Å². The Morgan fingerprint density at radius 3 is 2.57 bits per heavy atom. The third-order valence-electron chi connectivity index (χ3n) is 2.63. The van der Waals surface area contributed by atoms with Crippen molar-refractivity contribution in [3.05, 3.63) is 68.2 Å². The van der Waals surface area contributed by atoms with Crippen LogP contribution in [0.1, 0.15) is 10.4 Å². The first-order valence-electron chi connectivity index (χ1n) is 5.83. The van der Waals surface area contributed by atoms with Gasteiger partial charge in [-0.1, -0.05) is 35.3 Å². The van der Waals surface area contributed by atoms with Gasteiger partial charge in [0, 0.05) is 22.7 Å². The number of nitro groups is 1. The number of rotatable bonds is 5. The summed E-state index contributed by atoms with van der Waals surface area (Å²) in [6.07, 6.45) is 0. The van der Waals surface area contributed by atoms with E-state index in [0.717, 1.165) is 0 Å². The lowest BCUT2D eigenvalue weighted by molar-refractivity contribution is -0.384. The molecule has 0 radical (unpaired) electrons. The minimum absolute atomic E-state index is 0.0484. The average Bonchev–Trinajstić information content (AvgIpc) is 2.44. The molecule has 5 nitrogen and oxygen atoms in total. The van der Waals surface area contributed by atoms with E-state index in [4.69, 9.17) is 27.9 Å². The van der Waals surface area contributed by atoms with Crippen LogP contribution in [0.15, 0.2) is 42.5 Å². The van der Waals surface area contributed by atoms with Crippen molar-refractivity contribution in [2.75, 3.05) is 6.61 Å². The highest BCUT2D eigenvalue weighted by molar-refractivity contribution is 6.32. The second kappa shape index (κ2) is 6.56. The van der Waals surface area contributed by atoms with Gasteiger partial charge in [0.1, 0.15) is 10.8 Å². The van der Waals surface area contributed by atoms with Gasteiger partial charge in [-0.05, 0) is 18.2 Å². The Morgan fingerprint density at radius 2 is 1.95 bits per heavy atom. The van der Waals surface area contributed by atoms with Gasteiger partial charge in [0.25, 0.3) is 5.69 Å². The Balaban J connectivity index is 2.05.